The number of alkyl halides is 1. The summed E-state index contributed by atoms with van der Waals surface area (Å²) in [5.74, 6) is -2.87. The van der Waals surface area contributed by atoms with Gasteiger partial charge in [-0.25, -0.2) is 4.39 Å². The van der Waals surface area contributed by atoms with Gasteiger partial charge in [0.15, 0.2) is 0 Å². The van der Waals surface area contributed by atoms with Crippen molar-refractivity contribution in [3.05, 3.63) is 70.6 Å². The molecule has 3 amide bonds. The minimum absolute atomic E-state index is 0.0204. The summed E-state index contributed by atoms with van der Waals surface area (Å²) in [7, 11) is -2.91. The number of amides is 3. The third-order valence-corrected chi connectivity index (χ3v) is 14.2. The third kappa shape index (κ3) is 6.84. The number of nitrogens with one attached hydrogen (secondary N) is 1. The molecular formula is C38H46FN4O7PS. The van der Waals surface area contributed by atoms with E-state index in [0.29, 0.717) is 40.8 Å². The maximum absolute atomic E-state index is 14.6. The SMILES string of the molecule is CN(C[C@@H]1CCO1)[C@H]1CCC(NC(=O)c2cc3cc([C@H](F)P(=O)(O)O)ccc3s2)C(=O)N2[C@H](CC[C@H]2C(=O)N2C[C@H](c3ccccc3)CC23CC3)C1. The van der Waals surface area contributed by atoms with E-state index >= 15 is 0 Å². The molecule has 5 fully saturated rings. The number of carbonyl (C=O) groups is 3. The van der Waals surface area contributed by atoms with Crippen molar-refractivity contribution >= 4 is 46.7 Å². The number of carbonyl (C=O) groups excluding carboxylic acids is 3. The molecule has 1 saturated carbocycles. The Labute approximate surface area is 306 Å². The van der Waals surface area contributed by atoms with Crippen LogP contribution in [-0.4, -0.2) is 105 Å². The van der Waals surface area contributed by atoms with Crippen molar-refractivity contribution in [1.82, 2.24) is 20.0 Å². The van der Waals surface area contributed by atoms with Crippen LogP contribution in [0.3, 0.4) is 0 Å². The highest BCUT2D eigenvalue weighted by Gasteiger charge is 2.58. The number of halogens is 1. The van der Waals surface area contributed by atoms with E-state index in [4.69, 9.17) is 4.74 Å². The van der Waals surface area contributed by atoms with Crippen LogP contribution in [0.25, 0.3) is 10.1 Å². The molecule has 5 heterocycles. The lowest BCUT2D eigenvalue weighted by atomic mass is 9.93. The Morgan fingerprint density at radius 2 is 1.87 bits per heavy atom. The molecule has 3 N–H and O–H groups in total. The van der Waals surface area contributed by atoms with Gasteiger partial charge in [-0.3, -0.25) is 18.9 Å². The smallest absolute Gasteiger partial charge is 0.363 e. The zero-order valence-electron chi connectivity index (χ0n) is 29.2. The highest BCUT2D eigenvalue weighted by molar-refractivity contribution is 7.51. The lowest BCUT2D eigenvalue weighted by Gasteiger charge is -2.42. The minimum atomic E-state index is -5.00. The average molecular weight is 753 g/mol. The topological polar surface area (TPSA) is 140 Å². The van der Waals surface area contributed by atoms with Crippen LogP contribution in [0.2, 0.25) is 0 Å². The van der Waals surface area contributed by atoms with Gasteiger partial charge in [-0.1, -0.05) is 36.4 Å². The van der Waals surface area contributed by atoms with Gasteiger partial charge in [0, 0.05) is 47.9 Å². The van der Waals surface area contributed by atoms with Crippen molar-refractivity contribution < 1.29 is 37.9 Å². The summed E-state index contributed by atoms with van der Waals surface area (Å²) in [4.78, 5) is 68.3. The molecule has 8 rings (SSSR count). The van der Waals surface area contributed by atoms with Crippen molar-refractivity contribution in [2.45, 2.75) is 105 Å². The molecule has 0 bridgehead atoms. The highest BCUT2D eigenvalue weighted by Crippen LogP contribution is 2.55. The maximum atomic E-state index is 14.6. The summed E-state index contributed by atoms with van der Waals surface area (Å²) < 4.78 is 32.4. The first-order valence-corrected chi connectivity index (χ1v) is 20.9. The maximum Gasteiger partial charge on any atom is 0.363 e. The number of hydrogen-bond donors (Lipinski definition) is 3. The van der Waals surface area contributed by atoms with Crippen LogP contribution in [0.5, 0.6) is 0 Å². The lowest BCUT2D eigenvalue weighted by Crippen LogP contribution is -2.59. The number of hydrogen-bond acceptors (Lipinski definition) is 7. The molecule has 52 heavy (non-hydrogen) atoms. The molecule has 278 valence electrons. The van der Waals surface area contributed by atoms with Crippen LogP contribution in [0.1, 0.15) is 90.4 Å². The number of likely N-dealkylation sites (tertiary alicyclic amines) is 1. The molecule has 5 aliphatic rings. The predicted molar refractivity (Wildman–Crippen MR) is 195 cm³/mol. The normalized spacial score (nSPS) is 29.1. The summed E-state index contributed by atoms with van der Waals surface area (Å²) in [6.07, 6.45) is 7.24. The van der Waals surface area contributed by atoms with Crippen LogP contribution in [0, 0.1) is 0 Å². The van der Waals surface area contributed by atoms with Crippen LogP contribution in [0.4, 0.5) is 4.39 Å². The van der Waals surface area contributed by atoms with Gasteiger partial charge in [0.2, 0.25) is 17.7 Å². The van der Waals surface area contributed by atoms with Crippen molar-refractivity contribution in [2.24, 2.45) is 0 Å². The summed E-state index contributed by atoms with van der Waals surface area (Å²) >= 11 is 1.16. The average Bonchev–Trinajstić information content (AvgIpc) is 3.40. The van der Waals surface area contributed by atoms with Gasteiger partial charge in [0.1, 0.15) is 12.1 Å². The quantitative estimate of drug-likeness (QED) is 0.250. The number of fused-ring (bicyclic) bond motifs is 2. The fourth-order valence-electron chi connectivity index (χ4n) is 9.08. The highest BCUT2D eigenvalue weighted by atomic mass is 32.1. The van der Waals surface area contributed by atoms with E-state index in [1.807, 2.05) is 23.1 Å². The lowest BCUT2D eigenvalue weighted by molar-refractivity contribution is -0.148. The molecule has 4 aliphatic heterocycles. The van der Waals surface area contributed by atoms with Gasteiger partial charge < -0.3 is 34.5 Å². The Balaban J connectivity index is 1.05. The fraction of sp³-hybridized carbons (Fsp3) is 0.553. The van der Waals surface area contributed by atoms with Crippen molar-refractivity contribution in [2.75, 3.05) is 26.7 Å². The van der Waals surface area contributed by atoms with E-state index in [9.17, 15) is 33.1 Å². The Kier molecular flexibility index (Phi) is 9.58. The zero-order valence-corrected chi connectivity index (χ0v) is 30.9. The van der Waals surface area contributed by atoms with E-state index in [-0.39, 0.29) is 47.0 Å². The second-order valence-corrected chi connectivity index (χ2v) is 18.2. The Morgan fingerprint density at radius 3 is 2.56 bits per heavy atom. The van der Waals surface area contributed by atoms with Gasteiger partial charge >= 0.3 is 7.60 Å². The van der Waals surface area contributed by atoms with E-state index in [2.05, 4.69) is 34.3 Å². The largest absolute Gasteiger partial charge is 0.377 e. The van der Waals surface area contributed by atoms with Gasteiger partial charge in [-0.05, 0) is 99.5 Å². The first kappa shape index (κ1) is 35.8. The molecule has 1 aliphatic carbocycles. The van der Waals surface area contributed by atoms with Gasteiger partial charge in [-0.2, -0.15) is 0 Å². The molecular weight excluding hydrogens is 706 g/mol. The number of nitrogens with zero attached hydrogens (tertiary/aromatic N) is 3. The van der Waals surface area contributed by atoms with Crippen LogP contribution >= 0.6 is 18.9 Å². The van der Waals surface area contributed by atoms with Gasteiger partial charge in [0.05, 0.1) is 11.0 Å². The number of likely N-dealkylation sites (N-methyl/N-ethyl adjacent to an activating group) is 1. The van der Waals surface area contributed by atoms with Crippen LogP contribution < -0.4 is 5.32 Å². The Morgan fingerprint density at radius 1 is 1.10 bits per heavy atom. The van der Waals surface area contributed by atoms with Crippen LogP contribution in [0.15, 0.2) is 54.6 Å². The number of rotatable bonds is 9. The van der Waals surface area contributed by atoms with E-state index in [0.717, 1.165) is 63.0 Å². The monoisotopic (exact) mass is 752 g/mol. The first-order chi connectivity index (χ1) is 24.9. The van der Waals surface area contributed by atoms with Crippen molar-refractivity contribution in [3.63, 3.8) is 0 Å². The molecule has 4 saturated heterocycles. The number of benzene rings is 2. The summed E-state index contributed by atoms with van der Waals surface area (Å²) in [6.45, 7) is 2.20. The van der Waals surface area contributed by atoms with Gasteiger partial charge in [0.25, 0.3) is 5.91 Å². The molecule has 1 unspecified atom stereocenters. The summed E-state index contributed by atoms with van der Waals surface area (Å²) in [6, 6.07) is 14.7. The Hall–Kier alpha value is -3.19. The molecule has 1 spiro atoms. The van der Waals surface area contributed by atoms with E-state index in [1.165, 1.54) is 17.7 Å². The zero-order chi connectivity index (χ0) is 36.4. The van der Waals surface area contributed by atoms with E-state index < -0.39 is 31.5 Å². The summed E-state index contributed by atoms with van der Waals surface area (Å²) in [5, 5.41) is 3.49. The molecule has 3 aromatic rings. The molecule has 11 nitrogen and oxygen atoms in total. The van der Waals surface area contributed by atoms with E-state index in [1.54, 1.807) is 12.1 Å². The predicted octanol–water partition coefficient (Wildman–Crippen LogP) is 5.33. The second-order valence-electron chi connectivity index (χ2n) is 15.5. The fourth-order valence-corrected chi connectivity index (χ4v) is 10.6. The third-order valence-electron chi connectivity index (χ3n) is 12.2. The molecule has 2 aromatic carbocycles. The number of ether oxygens (including phenoxy) is 1. The van der Waals surface area contributed by atoms with Crippen molar-refractivity contribution in [1.29, 1.82) is 0 Å². The van der Waals surface area contributed by atoms with Gasteiger partial charge in [-0.15, -0.1) is 11.3 Å². The Bertz CT molecular complexity index is 1900. The standard InChI is InChI=1S/C38H46FN4O7PS/c1-41(22-29-13-16-50-29)27-8-10-30(40-35(44)33-18-25-17-24(7-12-32(25)52-33)34(39)51(47,48)49)36(45)43-28(19-27)9-11-31(43)37(46)42-21-26(20-38(42)14-15-38)23-5-3-2-4-6-23/h2-7,12,17-18,26-31,34H,8-11,13-16,19-22H2,1H3,(H,40,44)(H2,47,48,49)/t26-,27+,28-,29+,30?,31+,34-/m1/s1. The minimum Gasteiger partial charge on any atom is -0.377 e. The molecule has 1 aromatic heterocycles. The van der Waals surface area contributed by atoms with Crippen molar-refractivity contribution in [3.8, 4) is 0 Å². The second kappa shape index (κ2) is 13.9. The van der Waals surface area contributed by atoms with Crippen LogP contribution in [-0.2, 0) is 18.9 Å². The number of thiophene rings is 1. The molecule has 0 radical (unpaired) electrons. The first-order valence-electron chi connectivity index (χ1n) is 18.4. The molecule has 7 atom stereocenters. The summed E-state index contributed by atoms with van der Waals surface area (Å²) in [5.41, 5.74) is 0.929. The molecule has 14 heteroatoms.